The molecule has 0 aromatic carbocycles. The van der Waals surface area contributed by atoms with Crippen LogP contribution in [0.1, 0.15) is 13.8 Å². The van der Waals surface area contributed by atoms with Crippen molar-refractivity contribution in [2.24, 2.45) is 0 Å². The second-order valence-corrected chi connectivity index (χ2v) is 5.48. The first-order valence-electron chi connectivity index (χ1n) is 4.22. The minimum absolute atomic E-state index is 0. The molecule has 0 aromatic rings. The summed E-state index contributed by atoms with van der Waals surface area (Å²) in [5.74, 6) is -0.799. The Morgan fingerprint density at radius 1 is 0.824 bits per heavy atom. The van der Waals surface area contributed by atoms with E-state index in [1.807, 2.05) is 0 Å². The van der Waals surface area contributed by atoms with E-state index in [4.69, 9.17) is 0 Å². The van der Waals surface area contributed by atoms with Gasteiger partial charge in [-0.05, 0) is 13.8 Å². The second-order valence-electron chi connectivity index (χ2n) is 2.59. The Kier molecular flexibility index (Phi) is 14.6. The molecule has 0 unspecified atom stereocenters. The Bertz CT molecular complexity index is 379. The van der Waals surface area contributed by atoms with Gasteiger partial charge in [0.05, 0.1) is 31.7 Å². The van der Waals surface area contributed by atoms with Gasteiger partial charge in [-0.15, -0.1) is 0 Å². The van der Waals surface area contributed by atoms with E-state index in [9.17, 15) is 25.9 Å². The van der Waals surface area contributed by atoms with Gasteiger partial charge in [0, 0.05) is 0 Å². The van der Waals surface area contributed by atoms with Crippen molar-refractivity contribution in [3.8, 4) is 0 Å². The Balaban J connectivity index is -0.000000218. The molecule has 0 heterocycles. The maximum Gasteiger partial charge on any atom is 2.00 e. The van der Waals surface area contributed by atoms with Crippen molar-refractivity contribution in [2.75, 3.05) is 11.5 Å². The Hall–Kier alpha value is 0.0662. The van der Waals surface area contributed by atoms with Crippen molar-refractivity contribution in [1.29, 1.82) is 0 Å². The molecule has 0 aliphatic rings. The topological polar surface area (TPSA) is 114 Å². The molecule has 0 rings (SSSR count). The van der Waals surface area contributed by atoms with Gasteiger partial charge in [-0.1, -0.05) is 24.3 Å². The van der Waals surface area contributed by atoms with E-state index in [2.05, 4.69) is 0 Å². The third kappa shape index (κ3) is 31.4. The number of rotatable bonds is 4. The van der Waals surface area contributed by atoms with E-state index < -0.39 is 31.7 Å². The fraction of sp³-hybridized carbons (Fsp3) is 0.500. The van der Waals surface area contributed by atoms with Crippen LogP contribution in [0.4, 0.5) is 0 Å². The monoisotopic (exact) mass is 294 g/mol. The van der Waals surface area contributed by atoms with Crippen LogP contribution in [0, 0.1) is 0 Å². The summed E-state index contributed by atoms with van der Waals surface area (Å²) in [6.07, 6.45) is 5.66. The largest absolute Gasteiger partial charge is 2.00 e. The molecule has 0 saturated heterocycles. The fourth-order valence-corrected chi connectivity index (χ4v) is 1.28. The van der Waals surface area contributed by atoms with Gasteiger partial charge in [0.25, 0.3) is 0 Å². The average molecular weight is 295 g/mol. The molecule has 0 saturated carbocycles. The predicted molar refractivity (Wildman–Crippen MR) is 64.5 cm³/mol. The molecule has 0 bridgehead atoms. The first kappa shape index (κ1) is 22.3. The predicted octanol–water partition coefficient (Wildman–Crippen LogP) is -0.165. The van der Waals surface area contributed by atoms with E-state index in [1.54, 1.807) is 13.8 Å². The minimum Gasteiger partial charge on any atom is -0.748 e. The van der Waals surface area contributed by atoms with Crippen LogP contribution in [0.5, 0.6) is 0 Å². The van der Waals surface area contributed by atoms with Crippen molar-refractivity contribution in [3.63, 3.8) is 0 Å². The maximum absolute atomic E-state index is 9.78. The SMILES string of the molecule is CC=CCS(=O)(=O)[O-].CC=CCS(=O)(=O)[O-].[Mg+2]. The molecule has 0 aromatic heterocycles. The van der Waals surface area contributed by atoms with Crippen LogP contribution in [0.15, 0.2) is 24.3 Å². The summed E-state index contributed by atoms with van der Waals surface area (Å²) in [6, 6.07) is 0. The van der Waals surface area contributed by atoms with Crippen molar-refractivity contribution in [3.05, 3.63) is 24.3 Å². The van der Waals surface area contributed by atoms with Crippen LogP contribution in [-0.4, -0.2) is 60.5 Å². The zero-order valence-electron chi connectivity index (χ0n) is 9.70. The summed E-state index contributed by atoms with van der Waals surface area (Å²) in [4.78, 5) is 0. The molecule has 9 heteroatoms. The van der Waals surface area contributed by atoms with Crippen molar-refractivity contribution >= 4 is 43.3 Å². The van der Waals surface area contributed by atoms with E-state index in [0.29, 0.717) is 0 Å². The minimum atomic E-state index is -4.02. The number of allylic oxidation sites excluding steroid dienone is 2. The smallest absolute Gasteiger partial charge is 0.748 e. The molecule has 0 radical (unpaired) electrons. The summed E-state index contributed by atoms with van der Waals surface area (Å²) in [5, 5.41) is 0. The van der Waals surface area contributed by atoms with Crippen molar-refractivity contribution < 1.29 is 25.9 Å². The van der Waals surface area contributed by atoms with Crippen LogP contribution in [0.2, 0.25) is 0 Å². The van der Waals surface area contributed by atoms with E-state index in [1.165, 1.54) is 24.3 Å². The average Bonchev–Trinajstić information content (AvgIpc) is 2.10. The molecule has 6 nitrogen and oxygen atoms in total. The summed E-state index contributed by atoms with van der Waals surface area (Å²) < 4.78 is 58.7. The summed E-state index contributed by atoms with van der Waals surface area (Å²) in [7, 11) is -8.05. The third-order valence-electron chi connectivity index (χ3n) is 1.07. The summed E-state index contributed by atoms with van der Waals surface area (Å²) >= 11 is 0. The number of hydrogen-bond acceptors (Lipinski definition) is 6. The molecule has 17 heavy (non-hydrogen) atoms. The van der Waals surface area contributed by atoms with Gasteiger partial charge in [-0.25, -0.2) is 16.8 Å². The van der Waals surface area contributed by atoms with E-state index in [-0.39, 0.29) is 23.1 Å². The van der Waals surface area contributed by atoms with E-state index >= 15 is 0 Å². The van der Waals surface area contributed by atoms with Crippen LogP contribution < -0.4 is 0 Å². The molecule has 0 aliphatic heterocycles. The molecule has 0 N–H and O–H groups in total. The Morgan fingerprint density at radius 3 is 1.12 bits per heavy atom. The van der Waals surface area contributed by atoms with Crippen LogP contribution in [-0.2, 0) is 20.2 Å². The zero-order chi connectivity index (χ0) is 13.2. The van der Waals surface area contributed by atoms with Crippen molar-refractivity contribution in [1.82, 2.24) is 0 Å². The fourth-order valence-electron chi connectivity index (χ4n) is 0.428. The molecule has 96 valence electrons. The standard InChI is InChI=1S/2C4H8O3S.Mg/c2*1-2-3-4-8(5,6)7;/h2*2-3H,4H2,1H3,(H,5,6,7);/q;;+2/p-2. The molecule has 0 fully saturated rings. The number of hydrogen-bond donors (Lipinski definition) is 0. The summed E-state index contributed by atoms with van der Waals surface area (Å²) in [5.41, 5.74) is 0. The molecule has 0 spiro atoms. The summed E-state index contributed by atoms with van der Waals surface area (Å²) in [6.45, 7) is 3.32. The van der Waals surface area contributed by atoms with E-state index in [0.717, 1.165) is 0 Å². The van der Waals surface area contributed by atoms with Crippen LogP contribution >= 0.6 is 0 Å². The van der Waals surface area contributed by atoms with Gasteiger partial charge in [0.1, 0.15) is 0 Å². The van der Waals surface area contributed by atoms with Gasteiger partial charge in [0.2, 0.25) is 0 Å². The van der Waals surface area contributed by atoms with Gasteiger partial charge in [0.15, 0.2) is 0 Å². The van der Waals surface area contributed by atoms with Gasteiger partial charge in [-0.3, -0.25) is 0 Å². The second kappa shape index (κ2) is 11.2. The van der Waals surface area contributed by atoms with Crippen LogP contribution in [0.3, 0.4) is 0 Å². The molecule has 0 amide bonds. The Morgan fingerprint density at radius 2 is 1.06 bits per heavy atom. The first-order chi connectivity index (χ1) is 7.12. The molecular formula is C8H14MgO6S2. The third-order valence-corrected chi connectivity index (χ3v) is 2.27. The molecule has 0 atom stereocenters. The normalized spacial score (nSPS) is 12.0. The quantitative estimate of drug-likeness (QED) is 0.404. The molecular weight excluding hydrogens is 281 g/mol. The first-order valence-corrected chi connectivity index (χ1v) is 7.37. The van der Waals surface area contributed by atoms with Gasteiger partial charge in [-0.2, -0.15) is 0 Å². The van der Waals surface area contributed by atoms with Gasteiger partial charge >= 0.3 is 23.1 Å². The van der Waals surface area contributed by atoms with Gasteiger partial charge < -0.3 is 9.11 Å². The Labute approximate surface area is 118 Å². The van der Waals surface area contributed by atoms with Crippen LogP contribution in [0.25, 0.3) is 0 Å². The van der Waals surface area contributed by atoms with Crippen molar-refractivity contribution in [2.45, 2.75) is 13.8 Å². The maximum atomic E-state index is 9.78. The molecule has 0 aliphatic carbocycles. The zero-order valence-corrected chi connectivity index (χ0v) is 12.7.